The largest absolute Gasteiger partial charge is 0.451 e. The number of oxazole rings is 1. The number of nitro groups is 1. The molecule has 0 aliphatic carbocycles. The van der Waals surface area contributed by atoms with Gasteiger partial charge in [0.2, 0.25) is 5.89 Å². The summed E-state index contributed by atoms with van der Waals surface area (Å²) in [4.78, 5) is 27.7. The number of amides is 1. The normalized spacial score (nSPS) is 10.9. The van der Waals surface area contributed by atoms with E-state index < -0.39 is 10.8 Å². The quantitative estimate of drug-likeness (QED) is 0.211. The Hall–Kier alpha value is -4.24. The number of halogens is 1. The Morgan fingerprint density at radius 1 is 0.939 bits per heavy atom. The van der Waals surface area contributed by atoms with E-state index in [0.29, 0.717) is 34.0 Å². The molecule has 33 heavy (non-hydrogen) atoms. The second-order valence-corrected chi connectivity index (χ2v) is 8.05. The number of hydrogen-bond donors (Lipinski definition) is 1. The van der Waals surface area contributed by atoms with E-state index in [0.717, 1.165) is 10.0 Å². The molecule has 8 nitrogen and oxygen atoms in total. The number of furan rings is 1. The van der Waals surface area contributed by atoms with Crippen molar-refractivity contribution < 1.29 is 18.6 Å². The Morgan fingerprint density at radius 3 is 2.55 bits per heavy atom. The van der Waals surface area contributed by atoms with E-state index in [2.05, 4.69) is 26.2 Å². The van der Waals surface area contributed by atoms with Gasteiger partial charge in [-0.3, -0.25) is 14.9 Å². The van der Waals surface area contributed by atoms with Crippen LogP contribution in [0, 0.1) is 10.1 Å². The van der Waals surface area contributed by atoms with Gasteiger partial charge in [-0.2, -0.15) is 0 Å². The van der Waals surface area contributed by atoms with Gasteiger partial charge >= 0.3 is 0 Å². The van der Waals surface area contributed by atoms with Crippen LogP contribution in [0.2, 0.25) is 0 Å². The lowest BCUT2D eigenvalue weighted by molar-refractivity contribution is -0.384. The number of rotatable bonds is 5. The van der Waals surface area contributed by atoms with Crippen molar-refractivity contribution in [2.45, 2.75) is 0 Å². The van der Waals surface area contributed by atoms with Gasteiger partial charge in [-0.25, -0.2) is 4.98 Å². The fraction of sp³-hybridized carbons (Fsp3) is 0. The first-order chi connectivity index (χ1) is 16.0. The molecule has 0 aliphatic rings. The van der Waals surface area contributed by atoms with Crippen LogP contribution in [-0.2, 0) is 0 Å². The fourth-order valence-electron chi connectivity index (χ4n) is 3.30. The highest BCUT2D eigenvalue weighted by molar-refractivity contribution is 9.10. The third-order valence-corrected chi connectivity index (χ3v) is 5.44. The van der Waals surface area contributed by atoms with Crippen LogP contribution in [0.5, 0.6) is 0 Å². The van der Waals surface area contributed by atoms with E-state index in [1.54, 1.807) is 36.4 Å². The summed E-state index contributed by atoms with van der Waals surface area (Å²) in [6, 6.07) is 21.9. The second-order valence-electron chi connectivity index (χ2n) is 7.13. The number of hydrogen-bond acceptors (Lipinski definition) is 6. The number of non-ortho nitro benzene ring substituents is 1. The van der Waals surface area contributed by atoms with Crippen molar-refractivity contribution in [2.24, 2.45) is 0 Å². The molecule has 0 fully saturated rings. The van der Waals surface area contributed by atoms with Crippen LogP contribution < -0.4 is 5.32 Å². The van der Waals surface area contributed by atoms with Gasteiger partial charge in [-0.15, -0.1) is 0 Å². The molecule has 1 N–H and O–H groups in total. The summed E-state index contributed by atoms with van der Waals surface area (Å²) in [5, 5.41) is 13.8. The summed E-state index contributed by atoms with van der Waals surface area (Å²) in [5.41, 5.74) is 3.01. The molecule has 5 aromatic rings. The molecule has 0 spiro atoms. The molecule has 2 heterocycles. The minimum Gasteiger partial charge on any atom is -0.451 e. The van der Waals surface area contributed by atoms with Gasteiger partial charge in [0.25, 0.3) is 11.6 Å². The Bertz CT molecular complexity index is 1500. The van der Waals surface area contributed by atoms with E-state index >= 15 is 0 Å². The Kier molecular flexibility index (Phi) is 5.23. The predicted molar refractivity (Wildman–Crippen MR) is 126 cm³/mol. The average Bonchev–Trinajstić information content (AvgIpc) is 3.47. The molecule has 0 unspecified atom stereocenters. The molecular formula is C24H14BrN3O5. The molecule has 3 aromatic carbocycles. The number of carbonyl (C=O) groups excluding carboxylic acids is 1. The maximum atomic E-state index is 12.7. The van der Waals surface area contributed by atoms with Crippen LogP contribution in [0.4, 0.5) is 11.4 Å². The third kappa shape index (κ3) is 4.26. The standard InChI is InChI=1S/C24H14BrN3O5/c25-16-6-4-14(5-7-16)24-27-19-13-17(8-9-21(19)33-24)26-23(29)22-11-10-20(32-22)15-2-1-3-18(12-15)28(30)31/h1-13H,(H,26,29). The minimum atomic E-state index is -0.484. The summed E-state index contributed by atoms with van der Waals surface area (Å²) >= 11 is 3.40. The molecule has 0 bridgehead atoms. The molecule has 0 saturated carbocycles. The summed E-state index contributed by atoms with van der Waals surface area (Å²) in [7, 11) is 0. The van der Waals surface area contributed by atoms with Crippen molar-refractivity contribution in [1.29, 1.82) is 0 Å². The lowest BCUT2D eigenvalue weighted by atomic mass is 10.1. The van der Waals surface area contributed by atoms with Crippen LogP contribution >= 0.6 is 15.9 Å². The van der Waals surface area contributed by atoms with Crippen LogP contribution in [0.3, 0.4) is 0 Å². The average molecular weight is 504 g/mol. The maximum Gasteiger partial charge on any atom is 0.291 e. The van der Waals surface area contributed by atoms with Gasteiger partial charge in [0.15, 0.2) is 11.3 Å². The zero-order valence-electron chi connectivity index (χ0n) is 16.8. The summed E-state index contributed by atoms with van der Waals surface area (Å²) in [6.45, 7) is 0. The Morgan fingerprint density at radius 2 is 1.76 bits per heavy atom. The van der Waals surface area contributed by atoms with Crippen molar-refractivity contribution in [3.8, 4) is 22.8 Å². The van der Waals surface area contributed by atoms with Gasteiger partial charge in [0.05, 0.1) is 4.92 Å². The van der Waals surface area contributed by atoms with Crippen molar-refractivity contribution in [3.63, 3.8) is 0 Å². The van der Waals surface area contributed by atoms with Crippen LogP contribution in [0.25, 0.3) is 33.9 Å². The number of nitro benzene ring substituents is 1. The van der Waals surface area contributed by atoms with Gasteiger partial charge in [0, 0.05) is 33.4 Å². The highest BCUT2D eigenvalue weighted by atomic mass is 79.9. The molecule has 5 rings (SSSR count). The SMILES string of the molecule is O=C(Nc1ccc2oc(-c3ccc(Br)cc3)nc2c1)c1ccc(-c2cccc([N+](=O)[O-])c2)o1. The highest BCUT2D eigenvalue weighted by Gasteiger charge is 2.16. The molecule has 0 atom stereocenters. The van der Waals surface area contributed by atoms with E-state index in [1.807, 2.05) is 24.3 Å². The first-order valence-electron chi connectivity index (χ1n) is 9.79. The fourth-order valence-corrected chi connectivity index (χ4v) is 3.57. The van der Waals surface area contributed by atoms with Gasteiger partial charge in [-0.1, -0.05) is 28.1 Å². The minimum absolute atomic E-state index is 0.0571. The predicted octanol–water partition coefficient (Wildman–Crippen LogP) is 6.68. The number of anilines is 1. The molecule has 0 saturated heterocycles. The lowest BCUT2D eigenvalue weighted by Crippen LogP contribution is -2.10. The van der Waals surface area contributed by atoms with Crippen molar-refractivity contribution in [3.05, 3.63) is 99.2 Å². The second kappa shape index (κ2) is 8.36. The van der Waals surface area contributed by atoms with Crippen molar-refractivity contribution in [1.82, 2.24) is 4.98 Å². The zero-order chi connectivity index (χ0) is 22.9. The molecule has 162 valence electrons. The molecule has 2 aromatic heterocycles. The van der Waals surface area contributed by atoms with Crippen LogP contribution in [-0.4, -0.2) is 15.8 Å². The third-order valence-electron chi connectivity index (χ3n) is 4.91. The monoisotopic (exact) mass is 503 g/mol. The van der Waals surface area contributed by atoms with E-state index in [4.69, 9.17) is 8.83 Å². The lowest BCUT2D eigenvalue weighted by Gasteiger charge is -2.02. The summed E-state index contributed by atoms with van der Waals surface area (Å²) in [5.74, 6) is 0.457. The number of fused-ring (bicyclic) bond motifs is 1. The van der Waals surface area contributed by atoms with Crippen LogP contribution in [0.15, 0.2) is 92.2 Å². The summed E-state index contributed by atoms with van der Waals surface area (Å²) in [6.07, 6.45) is 0. The number of carbonyl (C=O) groups is 1. The first-order valence-corrected chi connectivity index (χ1v) is 10.6. The number of aromatic nitrogens is 1. The number of nitrogens with zero attached hydrogens (tertiary/aromatic N) is 2. The van der Waals surface area contributed by atoms with Gasteiger partial charge in [-0.05, 0) is 54.6 Å². The van der Waals surface area contributed by atoms with Gasteiger partial charge in [0.1, 0.15) is 11.3 Å². The zero-order valence-corrected chi connectivity index (χ0v) is 18.4. The number of nitrogens with one attached hydrogen (secondary N) is 1. The van der Waals surface area contributed by atoms with Gasteiger partial charge < -0.3 is 14.2 Å². The molecular weight excluding hydrogens is 490 g/mol. The topological polar surface area (TPSA) is 111 Å². The first kappa shape index (κ1) is 20.7. The molecule has 0 radical (unpaired) electrons. The van der Waals surface area contributed by atoms with E-state index in [-0.39, 0.29) is 11.4 Å². The Labute approximate surface area is 195 Å². The summed E-state index contributed by atoms with van der Waals surface area (Å²) < 4.78 is 12.4. The molecule has 0 aliphatic heterocycles. The van der Waals surface area contributed by atoms with Crippen molar-refractivity contribution in [2.75, 3.05) is 5.32 Å². The molecule has 9 heteroatoms. The van der Waals surface area contributed by atoms with Crippen molar-refractivity contribution >= 4 is 44.3 Å². The van der Waals surface area contributed by atoms with E-state index in [9.17, 15) is 14.9 Å². The Balaban J connectivity index is 1.35. The molecule has 1 amide bonds. The smallest absolute Gasteiger partial charge is 0.291 e. The highest BCUT2D eigenvalue weighted by Crippen LogP contribution is 2.29. The maximum absolute atomic E-state index is 12.7. The van der Waals surface area contributed by atoms with Crippen LogP contribution in [0.1, 0.15) is 10.6 Å². The van der Waals surface area contributed by atoms with E-state index in [1.165, 1.54) is 18.2 Å². The number of benzene rings is 3.